The van der Waals surface area contributed by atoms with Crippen LogP contribution in [0.5, 0.6) is 0 Å². The minimum atomic E-state index is 0.00116. The molecule has 0 radical (unpaired) electrons. The predicted molar refractivity (Wildman–Crippen MR) is 80.7 cm³/mol. The normalized spacial score (nSPS) is 19.9. The summed E-state index contributed by atoms with van der Waals surface area (Å²) in [6, 6.07) is 0. The summed E-state index contributed by atoms with van der Waals surface area (Å²) < 4.78 is 0. The third-order valence-corrected chi connectivity index (χ3v) is 3.04. The number of hydrogen-bond donors (Lipinski definition) is 0. The van der Waals surface area contributed by atoms with Crippen molar-refractivity contribution in [3.63, 3.8) is 0 Å². The molecule has 0 aromatic rings. The van der Waals surface area contributed by atoms with E-state index >= 15 is 0 Å². The predicted octanol–water partition coefficient (Wildman–Crippen LogP) is 5.32. The average Bonchev–Trinajstić information content (AvgIpc) is 2.15. The molecule has 0 aromatic carbocycles. The second kappa shape index (κ2) is 6.36. The number of ketones is 1. The van der Waals surface area contributed by atoms with E-state index in [1.807, 2.05) is 13.8 Å². The van der Waals surface area contributed by atoms with Gasteiger partial charge in [-0.2, -0.15) is 0 Å². The van der Waals surface area contributed by atoms with Crippen LogP contribution in [0.4, 0.5) is 0 Å². The molecule has 0 amide bonds. The van der Waals surface area contributed by atoms with Crippen molar-refractivity contribution in [2.24, 2.45) is 10.8 Å². The maximum atomic E-state index is 11.6. The number of carbonyl (C=O) groups excluding carboxylic acids is 1. The lowest BCUT2D eigenvalue weighted by molar-refractivity contribution is -0.120. The summed E-state index contributed by atoms with van der Waals surface area (Å²) in [5, 5.41) is 0. The fraction of sp³-hybridized carbons (Fsp3) is 0.706. The highest BCUT2D eigenvalue weighted by Gasteiger charge is 2.31. The van der Waals surface area contributed by atoms with Crippen LogP contribution in [-0.2, 0) is 4.79 Å². The van der Waals surface area contributed by atoms with Gasteiger partial charge in [0.05, 0.1) is 0 Å². The van der Waals surface area contributed by atoms with Crippen LogP contribution < -0.4 is 0 Å². The van der Waals surface area contributed by atoms with Crippen LogP contribution >= 0.6 is 0 Å². The fourth-order valence-corrected chi connectivity index (χ4v) is 2.32. The molecule has 0 aliphatic heterocycles. The van der Waals surface area contributed by atoms with Gasteiger partial charge in [-0.15, -0.1) is 0 Å². The van der Waals surface area contributed by atoms with Gasteiger partial charge in [-0.05, 0) is 23.3 Å². The first-order valence-electron chi connectivity index (χ1n) is 7.03. The van der Waals surface area contributed by atoms with E-state index in [9.17, 15) is 4.79 Å². The summed E-state index contributed by atoms with van der Waals surface area (Å²) >= 11 is 0. The Hall–Kier alpha value is -0.850. The third-order valence-electron chi connectivity index (χ3n) is 3.04. The first-order chi connectivity index (χ1) is 8.12. The second-order valence-electron chi connectivity index (χ2n) is 6.67. The highest BCUT2D eigenvalue weighted by molar-refractivity contribution is 5.84. The van der Waals surface area contributed by atoms with E-state index in [4.69, 9.17) is 0 Å². The van der Waals surface area contributed by atoms with Crippen molar-refractivity contribution >= 4 is 5.78 Å². The molecule has 104 valence electrons. The highest BCUT2D eigenvalue weighted by atomic mass is 16.1. The lowest BCUT2D eigenvalue weighted by Crippen LogP contribution is -2.25. The number of carbonyl (C=O) groups is 1. The topological polar surface area (TPSA) is 17.1 Å². The van der Waals surface area contributed by atoms with Crippen LogP contribution in [0.25, 0.3) is 0 Å². The molecule has 1 aliphatic rings. The Kier molecular flexibility index (Phi) is 6.06. The zero-order chi connectivity index (χ0) is 14.6. The maximum Gasteiger partial charge on any atom is 0.137 e. The number of Topliss-reactive ketones (excluding diaryl/α,β-unsaturated/α-hetero) is 1. The molecule has 1 nitrogen and oxygen atoms in total. The highest BCUT2D eigenvalue weighted by Crippen LogP contribution is 2.39. The van der Waals surface area contributed by atoms with Crippen LogP contribution in [-0.4, -0.2) is 5.78 Å². The van der Waals surface area contributed by atoms with Crippen molar-refractivity contribution in [2.75, 3.05) is 0 Å². The molecular weight excluding hydrogens is 220 g/mol. The molecule has 0 N–H and O–H groups in total. The number of rotatable bonds is 1. The molecule has 18 heavy (non-hydrogen) atoms. The van der Waals surface area contributed by atoms with Crippen molar-refractivity contribution in [1.29, 1.82) is 0 Å². The van der Waals surface area contributed by atoms with Crippen molar-refractivity contribution in [3.05, 3.63) is 23.3 Å². The van der Waals surface area contributed by atoms with E-state index in [2.05, 4.69) is 53.7 Å². The van der Waals surface area contributed by atoms with Crippen molar-refractivity contribution in [2.45, 2.75) is 68.2 Å². The Bertz CT molecular complexity index is 348. The third kappa shape index (κ3) is 5.20. The molecule has 0 heterocycles. The lowest BCUT2D eigenvalue weighted by atomic mass is 9.71. The maximum absolute atomic E-state index is 11.6. The van der Waals surface area contributed by atoms with Gasteiger partial charge in [0.2, 0.25) is 0 Å². The Labute approximate surface area is 113 Å². The molecule has 0 saturated carbocycles. The quantitative estimate of drug-likeness (QED) is 0.615. The Balaban J connectivity index is 0.00000137. The molecular formula is C17H30O. The summed E-state index contributed by atoms with van der Waals surface area (Å²) in [4.78, 5) is 11.6. The molecule has 1 heteroatoms. The van der Waals surface area contributed by atoms with Crippen molar-refractivity contribution in [1.82, 2.24) is 0 Å². The summed E-state index contributed by atoms with van der Waals surface area (Å²) in [5.41, 5.74) is 2.79. The second-order valence-corrected chi connectivity index (χ2v) is 6.67. The van der Waals surface area contributed by atoms with E-state index < -0.39 is 0 Å². The Morgan fingerprint density at radius 3 is 2.06 bits per heavy atom. The van der Waals surface area contributed by atoms with Gasteiger partial charge < -0.3 is 0 Å². The van der Waals surface area contributed by atoms with Gasteiger partial charge in [0.25, 0.3) is 0 Å². The zero-order valence-electron chi connectivity index (χ0n) is 13.5. The zero-order valence-corrected chi connectivity index (χ0v) is 13.5. The minimum Gasteiger partial charge on any atom is -0.299 e. The lowest BCUT2D eigenvalue weighted by Gasteiger charge is -2.32. The van der Waals surface area contributed by atoms with Crippen molar-refractivity contribution in [3.8, 4) is 0 Å². The van der Waals surface area contributed by atoms with Crippen LogP contribution in [0.15, 0.2) is 23.3 Å². The molecule has 0 spiro atoms. The van der Waals surface area contributed by atoms with Gasteiger partial charge in [-0.25, -0.2) is 0 Å². The first-order valence-corrected chi connectivity index (χ1v) is 7.03. The smallest absolute Gasteiger partial charge is 0.137 e. The summed E-state index contributed by atoms with van der Waals surface area (Å²) in [5.74, 6) is 0.371. The molecule has 1 aliphatic carbocycles. The molecule has 0 saturated heterocycles. The summed E-state index contributed by atoms with van der Waals surface area (Å²) in [6.45, 7) is 17.0. The van der Waals surface area contributed by atoms with E-state index in [-0.39, 0.29) is 10.8 Å². The van der Waals surface area contributed by atoms with Crippen LogP contribution in [0, 0.1) is 10.8 Å². The molecule has 0 unspecified atom stereocenters. The van der Waals surface area contributed by atoms with Crippen LogP contribution in [0.3, 0.4) is 0 Å². The Morgan fingerprint density at radius 1 is 1.17 bits per heavy atom. The summed E-state index contributed by atoms with van der Waals surface area (Å²) in [7, 11) is 0. The van der Waals surface area contributed by atoms with Crippen molar-refractivity contribution < 1.29 is 4.79 Å². The largest absolute Gasteiger partial charge is 0.299 e. The number of allylic oxidation sites excluding steroid dienone is 4. The first kappa shape index (κ1) is 17.2. The van der Waals surface area contributed by atoms with E-state index in [1.165, 1.54) is 11.1 Å². The average molecular weight is 250 g/mol. The van der Waals surface area contributed by atoms with Gasteiger partial charge in [0.15, 0.2) is 0 Å². The monoisotopic (exact) mass is 250 g/mol. The van der Waals surface area contributed by atoms with Gasteiger partial charge in [0.1, 0.15) is 5.78 Å². The molecule has 0 fully saturated rings. The number of hydrogen-bond acceptors (Lipinski definition) is 1. The van der Waals surface area contributed by atoms with E-state index in [0.717, 1.165) is 0 Å². The molecule has 0 atom stereocenters. The molecule has 1 rings (SSSR count). The summed E-state index contributed by atoms with van der Waals surface area (Å²) in [6.07, 6.45) is 5.77. The SMILES string of the molecule is CC.CC1=C(/C=C/C(C)(C)C)C(C)(C)CC(=O)C1. The minimum absolute atomic E-state index is 0.00116. The molecule has 0 aromatic heterocycles. The fourth-order valence-electron chi connectivity index (χ4n) is 2.32. The van der Waals surface area contributed by atoms with E-state index in [1.54, 1.807) is 0 Å². The Morgan fingerprint density at radius 2 is 1.67 bits per heavy atom. The van der Waals surface area contributed by atoms with Crippen LogP contribution in [0.2, 0.25) is 0 Å². The van der Waals surface area contributed by atoms with E-state index in [0.29, 0.717) is 18.6 Å². The van der Waals surface area contributed by atoms with Gasteiger partial charge in [-0.3, -0.25) is 4.79 Å². The van der Waals surface area contributed by atoms with Crippen LogP contribution in [0.1, 0.15) is 68.2 Å². The van der Waals surface area contributed by atoms with Gasteiger partial charge >= 0.3 is 0 Å². The van der Waals surface area contributed by atoms with Gasteiger partial charge in [0, 0.05) is 12.8 Å². The van der Waals surface area contributed by atoms with Gasteiger partial charge in [-0.1, -0.05) is 66.2 Å². The standard InChI is InChI=1S/C15H24O.C2H6/c1-11-9-12(16)10-15(5,6)13(11)7-8-14(2,3)4;1-2/h7-8H,9-10H2,1-6H3;1-2H3/b8-7+;. The molecule has 0 bridgehead atoms.